The van der Waals surface area contributed by atoms with E-state index in [-0.39, 0.29) is 18.0 Å². The summed E-state index contributed by atoms with van der Waals surface area (Å²) >= 11 is 1.18. The minimum atomic E-state index is -0.539. The van der Waals surface area contributed by atoms with E-state index in [9.17, 15) is 4.79 Å². The molecule has 7 heteroatoms. The number of nitrogens with one attached hydrogen (secondary N) is 1. The van der Waals surface area contributed by atoms with Gasteiger partial charge >= 0.3 is 0 Å². The van der Waals surface area contributed by atoms with Gasteiger partial charge in [-0.2, -0.15) is 4.37 Å². The number of amides is 1. The molecule has 0 spiro atoms. The maximum absolute atomic E-state index is 11.3. The van der Waals surface area contributed by atoms with Crippen LogP contribution in [-0.4, -0.2) is 28.5 Å². The molecular weight excluding hydrogens is 240 g/mol. The van der Waals surface area contributed by atoms with Crippen LogP contribution in [-0.2, 0) is 4.74 Å². The molecule has 2 fully saturated rings. The summed E-state index contributed by atoms with van der Waals surface area (Å²) in [6.07, 6.45) is 3.78. The van der Waals surface area contributed by atoms with Crippen LogP contribution in [0.25, 0.3) is 0 Å². The van der Waals surface area contributed by atoms with Crippen molar-refractivity contribution in [1.82, 2.24) is 4.37 Å². The lowest BCUT2D eigenvalue weighted by molar-refractivity contribution is 0.0998. The molecule has 3 unspecified atom stereocenters. The molecule has 0 radical (unpaired) electrons. The molecule has 6 nitrogen and oxygen atoms in total. The quantitative estimate of drug-likeness (QED) is 0.731. The number of hydrogen-bond acceptors (Lipinski definition) is 6. The molecule has 1 amide bonds. The van der Waals surface area contributed by atoms with Crippen molar-refractivity contribution in [2.45, 2.75) is 37.5 Å². The van der Waals surface area contributed by atoms with Crippen molar-refractivity contribution in [3.05, 3.63) is 5.56 Å². The second-order valence-corrected chi connectivity index (χ2v) is 5.27. The zero-order valence-electron chi connectivity index (χ0n) is 9.18. The Bertz CT molecular complexity index is 461. The number of carbonyl (C=O) groups excluding carboxylic acids is 1. The van der Waals surface area contributed by atoms with Crippen LogP contribution < -0.4 is 16.8 Å². The van der Waals surface area contributed by atoms with Gasteiger partial charge in [0.1, 0.15) is 10.6 Å². The van der Waals surface area contributed by atoms with Gasteiger partial charge in [-0.1, -0.05) is 0 Å². The van der Waals surface area contributed by atoms with Crippen LogP contribution in [0.15, 0.2) is 0 Å². The van der Waals surface area contributed by atoms with Crippen LogP contribution >= 0.6 is 11.5 Å². The van der Waals surface area contributed by atoms with Gasteiger partial charge in [-0.3, -0.25) is 4.79 Å². The third kappa shape index (κ3) is 1.75. The van der Waals surface area contributed by atoms with Crippen molar-refractivity contribution in [2.24, 2.45) is 5.73 Å². The van der Waals surface area contributed by atoms with Crippen molar-refractivity contribution in [3.63, 3.8) is 0 Å². The van der Waals surface area contributed by atoms with Crippen molar-refractivity contribution in [2.75, 3.05) is 11.1 Å². The van der Waals surface area contributed by atoms with Crippen LogP contribution in [0.4, 0.5) is 10.8 Å². The van der Waals surface area contributed by atoms with Gasteiger partial charge in [-0.25, -0.2) is 0 Å². The second kappa shape index (κ2) is 3.85. The van der Waals surface area contributed by atoms with E-state index in [1.165, 1.54) is 11.5 Å². The number of anilines is 2. The first-order chi connectivity index (χ1) is 8.15. The molecule has 1 aromatic heterocycles. The molecule has 92 valence electrons. The lowest BCUT2D eigenvalue weighted by Gasteiger charge is -2.20. The first kappa shape index (κ1) is 10.8. The van der Waals surface area contributed by atoms with Crippen molar-refractivity contribution >= 4 is 28.3 Å². The summed E-state index contributed by atoms with van der Waals surface area (Å²) in [4.78, 5) is 11.3. The number of nitrogen functional groups attached to an aromatic ring is 1. The summed E-state index contributed by atoms with van der Waals surface area (Å²) in [5.41, 5.74) is 11.2. The maximum atomic E-state index is 11.3. The number of nitrogens with zero attached hydrogens (tertiary/aromatic N) is 1. The fourth-order valence-electron chi connectivity index (χ4n) is 2.60. The number of hydrogen-bond donors (Lipinski definition) is 3. The Morgan fingerprint density at radius 3 is 2.94 bits per heavy atom. The highest BCUT2D eigenvalue weighted by Gasteiger charge is 2.41. The minimum Gasteiger partial charge on any atom is -0.382 e. The van der Waals surface area contributed by atoms with E-state index in [2.05, 4.69) is 9.69 Å². The molecule has 3 atom stereocenters. The monoisotopic (exact) mass is 254 g/mol. The van der Waals surface area contributed by atoms with Gasteiger partial charge < -0.3 is 21.5 Å². The van der Waals surface area contributed by atoms with E-state index in [0.29, 0.717) is 16.7 Å². The Morgan fingerprint density at radius 2 is 2.35 bits per heavy atom. The number of fused-ring (bicyclic) bond motifs is 2. The Morgan fingerprint density at radius 1 is 1.53 bits per heavy atom. The Labute approximate surface area is 102 Å². The van der Waals surface area contributed by atoms with Gasteiger partial charge in [-0.15, -0.1) is 0 Å². The summed E-state index contributed by atoms with van der Waals surface area (Å²) in [5.74, 6) is -0.336. The average Bonchev–Trinajstić information content (AvgIpc) is 2.93. The zero-order chi connectivity index (χ0) is 12.0. The molecule has 2 bridgehead atoms. The summed E-state index contributed by atoms with van der Waals surface area (Å²) < 4.78 is 9.70. The number of primary amides is 1. The van der Waals surface area contributed by atoms with Crippen LogP contribution in [0.1, 0.15) is 29.6 Å². The molecule has 1 aromatic rings. The predicted octanol–water partition coefficient (Wildman–Crippen LogP) is 0.556. The highest BCUT2D eigenvalue weighted by atomic mass is 32.1. The van der Waals surface area contributed by atoms with Crippen LogP contribution in [0.3, 0.4) is 0 Å². The van der Waals surface area contributed by atoms with Crippen LogP contribution in [0.5, 0.6) is 0 Å². The molecule has 2 aliphatic heterocycles. The van der Waals surface area contributed by atoms with Gasteiger partial charge in [0, 0.05) is 0 Å². The van der Waals surface area contributed by atoms with Gasteiger partial charge in [0.15, 0.2) is 5.82 Å². The van der Waals surface area contributed by atoms with Crippen molar-refractivity contribution in [3.8, 4) is 0 Å². The molecule has 3 rings (SSSR count). The van der Waals surface area contributed by atoms with Gasteiger partial charge in [0.05, 0.1) is 18.2 Å². The lowest BCUT2D eigenvalue weighted by Crippen LogP contribution is -2.31. The molecule has 2 aliphatic rings. The fourth-order valence-corrected chi connectivity index (χ4v) is 3.38. The van der Waals surface area contributed by atoms with E-state index >= 15 is 0 Å². The van der Waals surface area contributed by atoms with Gasteiger partial charge in [0.25, 0.3) is 5.91 Å². The number of carbonyl (C=O) groups is 1. The fraction of sp³-hybridized carbons (Fsp3) is 0.600. The third-order valence-electron chi connectivity index (χ3n) is 3.39. The van der Waals surface area contributed by atoms with E-state index in [0.717, 1.165) is 19.3 Å². The van der Waals surface area contributed by atoms with Gasteiger partial charge in [0.2, 0.25) is 0 Å². The normalized spacial score (nSPS) is 30.7. The minimum absolute atomic E-state index is 0.203. The maximum Gasteiger partial charge on any atom is 0.255 e. The molecule has 17 heavy (non-hydrogen) atoms. The lowest BCUT2D eigenvalue weighted by atomic mass is 9.95. The van der Waals surface area contributed by atoms with Crippen LogP contribution in [0.2, 0.25) is 0 Å². The summed E-state index contributed by atoms with van der Waals surface area (Å²) in [7, 11) is 0. The van der Waals surface area contributed by atoms with E-state index in [1.54, 1.807) is 0 Å². The van der Waals surface area contributed by atoms with Crippen molar-refractivity contribution in [1.29, 1.82) is 0 Å². The molecule has 3 heterocycles. The molecule has 5 N–H and O–H groups in total. The highest BCUT2D eigenvalue weighted by Crippen LogP contribution is 2.37. The zero-order valence-corrected chi connectivity index (χ0v) is 10.00. The second-order valence-electron chi connectivity index (χ2n) is 4.50. The summed E-state index contributed by atoms with van der Waals surface area (Å²) in [5, 5.41) is 3.96. The van der Waals surface area contributed by atoms with Gasteiger partial charge in [-0.05, 0) is 30.8 Å². The first-order valence-corrected chi connectivity index (χ1v) is 6.39. The molecule has 0 saturated carbocycles. The van der Waals surface area contributed by atoms with Crippen molar-refractivity contribution < 1.29 is 9.53 Å². The SMILES string of the molecule is NC(=O)c1c(N)nsc1NC1CC2CCC1O2. The number of ether oxygens (including phenoxy) is 1. The number of rotatable bonds is 3. The molecule has 2 saturated heterocycles. The molecule has 0 aromatic carbocycles. The van der Waals surface area contributed by atoms with E-state index in [1.807, 2.05) is 0 Å². The number of aromatic nitrogens is 1. The van der Waals surface area contributed by atoms with E-state index in [4.69, 9.17) is 16.2 Å². The largest absolute Gasteiger partial charge is 0.382 e. The number of nitrogens with two attached hydrogens (primary N) is 2. The predicted molar refractivity (Wildman–Crippen MR) is 65.0 cm³/mol. The smallest absolute Gasteiger partial charge is 0.255 e. The van der Waals surface area contributed by atoms with Crippen LogP contribution in [0, 0.1) is 0 Å². The van der Waals surface area contributed by atoms with E-state index < -0.39 is 5.91 Å². The molecule has 0 aliphatic carbocycles. The average molecular weight is 254 g/mol. The highest BCUT2D eigenvalue weighted by molar-refractivity contribution is 7.11. The summed E-state index contributed by atoms with van der Waals surface area (Å²) in [6, 6.07) is 0.242. The Hall–Kier alpha value is -1.34. The first-order valence-electron chi connectivity index (χ1n) is 5.62. The Balaban J connectivity index is 1.79. The molecular formula is C10H14N4O2S. The standard InChI is InChI=1S/C10H14N4O2S/c11-8-7(9(12)15)10(17-14-8)13-5-3-4-1-2-6(5)16-4/h4-6,13H,1-3H2,(H2,11,14)(H2,12,15). The third-order valence-corrected chi connectivity index (χ3v) is 4.18. The Kier molecular flexibility index (Phi) is 2.44. The summed E-state index contributed by atoms with van der Waals surface area (Å²) in [6.45, 7) is 0. The topological polar surface area (TPSA) is 103 Å².